The Labute approximate surface area is 119 Å². The van der Waals surface area contributed by atoms with E-state index in [4.69, 9.17) is 17.3 Å². The van der Waals surface area contributed by atoms with Crippen LogP contribution in [-0.2, 0) is 0 Å². The number of hydrogen-bond acceptors (Lipinski definition) is 1. The lowest BCUT2D eigenvalue weighted by Gasteiger charge is -2.15. The van der Waals surface area contributed by atoms with Crippen LogP contribution in [0.15, 0.2) is 42.5 Å². The highest BCUT2D eigenvalue weighted by molar-refractivity contribution is 6.30. The minimum Gasteiger partial charge on any atom is -0.398 e. The topological polar surface area (TPSA) is 26.0 Å². The van der Waals surface area contributed by atoms with Crippen LogP contribution in [0.25, 0.3) is 0 Å². The smallest absolute Gasteiger partial charge is 0.0714 e. The quantitative estimate of drug-likeness (QED) is 0.641. The van der Waals surface area contributed by atoms with Gasteiger partial charge in [-0.1, -0.05) is 48.4 Å². The number of nitrogen functional groups attached to an aromatic ring is 1. The molecule has 2 N–H and O–H groups in total. The molecule has 0 aromatic heterocycles. The van der Waals surface area contributed by atoms with E-state index in [1.54, 1.807) is 0 Å². The van der Waals surface area contributed by atoms with Gasteiger partial charge in [-0.2, -0.15) is 0 Å². The van der Waals surface area contributed by atoms with Crippen molar-refractivity contribution in [2.75, 3.05) is 5.73 Å². The van der Waals surface area contributed by atoms with Gasteiger partial charge in [0.2, 0.25) is 0 Å². The van der Waals surface area contributed by atoms with Crippen LogP contribution in [0.1, 0.15) is 28.2 Å². The van der Waals surface area contributed by atoms with Crippen molar-refractivity contribution in [2.45, 2.75) is 19.8 Å². The lowest BCUT2D eigenvalue weighted by molar-refractivity contribution is 1.05. The van der Waals surface area contributed by atoms with Gasteiger partial charge in [0.15, 0.2) is 0 Å². The fourth-order valence-electron chi connectivity index (χ4n) is 2.23. The molecule has 0 heterocycles. The van der Waals surface area contributed by atoms with Crippen molar-refractivity contribution in [2.24, 2.45) is 0 Å². The van der Waals surface area contributed by atoms with Gasteiger partial charge in [-0.25, -0.2) is 0 Å². The van der Waals surface area contributed by atoms with Crippen LogP contribution in [-0.4, -0.2) is 0 Å². The lowest BCUT2D eigenvalue weighted by atomic mass is 9.89. The zero-order chi connectivity index (χ0) is 13.8. The first-order valence-corrected chi connectivity index (χ1v) is 6.54. The highest BCUT2D eigenvalue weighted by Crippen LogP contribution is 2.28. The molecule has 0 fully saturated rings. The normalized spacial score (nSPS) is 11.5. The summed E-state index contributed by atoms with van der Waals surface area (Å²) in [5.41, 5.74) is 11.3. The third-order valence-corrected chi connectivity index (χ3v) is 3.39. The molecule has 0 saturated heterocycles. The van der Waals surface area contributed by atoms with Crippen molar-refractivity contribution in [3.05, 3.63) is 64.7 Å². The summed E-state index contributed by atoms with van der Waals surface area (Å²) in [6, 6.07) is 14.3. The molecule has 19 heavy (non-hydrogen) atoms. The molecule has 2 rings (SSSR count). The van der Waals surface area contributed by atoms with Crippen molar-refractivity contribution < 1.29 is 0 Å². The third kappa shape index (κ3) is 2.92. The Hall–Kier alpha value is -1.91. The van der Waals surface area contributed by atoms with Crippen LogP contribution < -0.4 is 5.73 Å². The first-order chi connectivity index (χ1) is 9.13. The van der Waals surface area contributed by atoms with Crippen molar-refractivity contribution in [1.82, 2.24) is 0 Å². The summed E-state index contributed by atoms with van der Waals surface area (Å²) >= 11 is 5.62. The van der Waals surface area contributed by atoms with E-state index in [1.807, 2.05) is 32.0 Å². The second-order valence-corrected chi connectivity index (χ2v) is 4.84. The first kappa shape index (κ1) is 13.5. The summed E-state index contributed by atoms with van der Waals surface area (Å²) in [6.07, 6.45) is 0. The van der Waals surface area contributed by atoms with Crippen LogP contribution in [0.5, 0.6) is 0 Å². The standard InChI is InChI=1S/C17H16ClN/c1-12-10-15(11-13(2)17(12)19)16(8-9-18)14-6-4-3-5-7-14/h3-7,10-11,16H,19H2,1-2H3/t16-/m0/s1. The fraction of sp³-hybridized carbons (Fsp3) is 0.176. The summed E-state index contributed by atoms with van der Waals surface area (Å²) in [7, 11) is 0. The molecule has 96 valence electrons. The maximum absolute atomic E-state index is 6.00. The number of halogens is 1. The summed E-state index contributed by atoms with van der Waals surface area (Å²) in [5.74, 6) is 3.05. The molecule has 0 saturated carbocycles. The Balaban J connectivity index is 2.54. The van der Waals surface area contributed by atoms with Crippen LogP contribution in [0.2, 0.25) is 0 Å². The Bertz CT molecular complexity index is 612. The molecular formula is C17H16ClN. The Morgan fingerprint density at radius 2 is 1.58 bits per heavy atom. The number of hydrogen-bond donors (Lipinski definition) is 1. The third-order valence-electron chi connectivity index (χ3n) is 3.28. The fourth-order valence-corrected chi connectivity index (χ4v) is 2.34. The van der Waals surface area contributed by atoms with Crippen LogP contribution in [0.3, 0.4) is 0 Å². The van der Waals surface area contributed by atoms with E-state index in [9.17, 15) is 0 Å². The average Bonchev–Trinajstić information content (AvgIpc) is 2.42. The van der Waals surface area contributed by atoms with Gasteiger partial charge in [0.25, 0.3) is 0 Å². The predicted molar refractivity (Wildman–Crippen MR) is 82.2 cm³/mol. The van der Waals surface area contributed by atoms with E-state index >= 15 is 0 Å². The molecule has 1 nitrogen and oxygen atoms in total. The number of nitrogens with two attached hydrogens (primary N) is 1. The SMILES string of the molecule is Cc1cc([C@@H](C#CCl)c2ccccc2)cc(C)c1N. The summed E-state index contributed by atoms with van der Waals surface area (Å²) in [5, 5.41) is 2.51. The van der Waals surface area contributed by atoms with E-state index in [-0.39, 0.29) is 5.92 Å². The molecule has 0 aliphatic carbocycles. The number of rotatable bonds is 2. The van der Waals surface area contributed by atoms with Crippen molar-refractivity contribution in [3.8, 4) is 11.3 Å². The highest BCUT2D eigenvalue weighted by atomic mass is 35.5. The van der Waals surface area contributed by atoms with Crippen molar-refractivity contribution >= 4 is 17.3 Å². The summed E-state index contributed by atoms with van der Waals surface area (Å²) in [6.45, 7) is 4.03. The molecule has 0 aliphatic rings. The van der Waals surface area contributed by atoms with Gasteiger partial charge in [0, 0.05) is 11.1 Å². The predicted octanol–water partition coefficient (Wildman–Crippen LogP) is 4.22. The molecule has 0 unspecified atom stereocenters. The van der Waals surface area contributed by atoms with E-state index in [0.717, 1.165) is 27.9 Å². The van der Waals surface area contributed by atoms with Crippen LogP contribution >= 0.6 is 11.6 Å². The van der Waals surface area contributed by atoms with E-state index in [0.29, 0.717) is 0 Å². The maximum Gasteiger partial charge on any atom is 0.0714 e. The lowest BCUT2D eigenvalue weighted by Crippen LogP contribution is -2.02. The van der Waals surface area contributed by atoms with E-state index in [2.05, 4.69) is 35.6 Å². The molecule has 0 radical (unpaired) electrons. The second kappa shape index (κ2) is 5.82. The van der Waals surface area contributed by atoms with Crippen molar-refractivity contribution in [3.63, 3.8) is 0 Å². The molecular weight excluding hydrogens is 254 g/mol. The summed E-state index contributed by atoms with van der Waals surface area (Å²) < 4.78 is 0. The van der Waals surface area contributed by atoms with Gasteiger partial charge in [0.1, 0.15) is 0 Å². The molecule has 2 aromatic rings. The van der Waals surface area contributed by atoms with Gasteiger partial charge in [-0.15, -0.1) is 0 Å². The Morgan fingerprint density at radius 3 is 2.11 bits per heavy atom. The van der Waals surface area contributed by atoms with Gasteiger partial charge < -0.3 is 5.73 Å². The second-order valence-electron chi connectivity index (χ2n) is 4.65. The van der Waals surface area contributed by atoms with Gasteiger partial charge in [-0.3, -0.25) is 0 Å². The number of aryl methyl sites for hydroxylation is 2. The molecule has 0 spiro atoms. The Kier molecular flexibility index (Phi) is 4.14. The molecule has 0 amide bonds. The summed E-state index contributed by atoms with van der Waals surface area (Å²) in [4.78, 5) is 0. The first-order valence-electron chi connectivity index (χ1n) is 6.16. The monoisotopic (exact) mass is 269 g/mol. The average molecular weight is 270 g/mol. The molecule has 0 bridgehead atoms. The number of anilines is 1. The zero-order valence-corrected chi connectivity index (χ0v) is 11.8. The highest BCUT2D eigenvalue weighted by Gasteiger charge is 2.13. The number of benzene rings is 2. The largest absolute Gasteiger partial charge is 0.398 e. The van der Waals surface area contributed by atoms with E-state index in [1.165, 1.54) is 0 Å². The molecule has 0 aliphatic heterocycles. The van der Waals surface area contributed by atoms with Crippen LogP contribution in [0.4, 0.5) is 5.69 Å². The zero-order valence-electron chi connectivity index (χ0n) is 11.1. The molecule has 2 heteroatoms. The Morgan fingerprint density at radius 1 is 1.00 bits per heavy atom. The molecule has 1 atom stereocenters. The maximum atomic E-state index is 6.00. The van der Waals surface area contributed by atoms with Gasteiger partial charge in [0.05, 0.1) is 5.92 Å². The minimum absolute atomic E-state index is 0.0169. The van der Waals surface area contributed by atoms with E-state index < -0.39 is 0 Å². The van der Waals surface area contributed by atoms with Crippen molar-refractivity contribution in [1.29, 1.82) is 0 Å². The van der Waals surface area contributed by atoms with Gasteiger partial charge in [-0.05, 0) is 47.7 Å². The van der Waals surface area contributed by atoms with Gasteiger partial charge >= 0.3 is 0 Å². The van der Waals surface area contributed by atoms with Crippen LogP contribution in [0, 0.1) is 25.1 Å². The molecule has 2 aromatic carbocycles. The minimum atomic E-state index is -0.0169.